The van der Waals surface area contributed by atoms with Crippen LogP contribution in [0.1, 0.15) is 6.92 Å². The van der Waals surface area contributed by atoms with Crippen LogP contribution in [-0.2, 0) is 14.8 Å². The quantitative estimate of drug-likeness (QED) is 0.798. The molecule has 0 bridgehead atoms. The van der Waals surface area contributed by atoms with Crippen molar-refractivity contribution in [1.82, 2.24) is 0 Å². The summed E-state index contributed by atoms with van der Waals surface area (Å²) in [6.07, 6.45) is 1.05. The molecule has 25 heavy (non-hydrogen) atoms. The molecular formula is C17H19ClN2O4S. The number of amides is 1. The van der Waals surface area contributed by atoms with Gasteiger partial charge in [0, 0.05) is 10.7 Å². The minimum Gasteiger partial charge on any atom is -0.494 e. The summed E-state index contributed by atoms with van der Waals surface area (Å²) in [5.74, 6) is 0.157. The SMILES string of the molecule is CCOc1ccc(N(CC(=O)Nc2cccc(Cl)c2)S(C)(=O)=O)cc1. The first-order valence-corrected chi connectivity index (χ1v) is 9.78. The van der Waals surface area contributed by atoms with Crippen LogP contribution < -0.4 is 14.4 Å². The zero-order chi connectivity index (χ0) is 18.4. The second-order valence-corrected chi connectivity index (χ2v) is 7.60. The third-order valence-corrected chi connectivity index (χ3v) is 4.61. The number of hydrogen-bond donors (Lipinski definition) is 1. The van der Waals surface area contributed by atoms with Gasteiger partial charge >= 0.3 is 0 Å². The molecular weight excluding hydrogens is 364 g/mol. The number of hydrogen-bond acceptors (Lipinski definition) is 4. The second kappa shape index (κ2) is 8.22. The van der Waals surface area contributed by atoms with E-state index in [-0.39, 0.29) is 6.54 Å². The van der Waals surface area contributed by atoms with Crippen molar-refractivity contribution in [2.24, 2.45) is 0 Å². The van der Waals surface area contributed by atoms with Crippen LogP contribution in [0.5, 0.6) is 5.75 Å². The first kappa shape index (κ1) is 19.1. The van der Waals surface area contributed by atoms with Gasteiger partial charge in [-0.15, -0.1) is 0 Å². The Kier molecular flexibility index (Phi) is 6.27. The topological polar surface area (TPSA) is 75.7 Å². The number of ether oxygens (including phenoxy) is 1. The Hall–Kier alpha value is -2.25. The molecule has 2 aromatic carbocycles. The van der Waals surface area contributed by atoms with Gasteiger partial charge in [0.1, 0.15) is 12.3 Å². The van der Waals surface area contributed by atoms with E-state index in [1.807, 2.05) is 6.92 Å². The molecule has 0 radical (unpaired) electrons. The lowest BCUT2D eigenvalue weighted by molar-refractivity contribution is -0.114. The number of carbonyl (C=O) groups excluding carboxylic acids is 1. The number of benzene rings is 2. The lowest BCUT2D eigenvalue weighted by Crippen LogP contribution is -2.37. The summed E-state index contributed by atoms with van der Waals surface area (Å²) in [6, 6.07) is 13.1. The van der Waals surface area contributed by atoms with Crippen LogP contribution in [-0.4, -0.2) is 33.7 Å². The molecule has 0 atom stereocenters. The van der Waals surface area contributed by atoms with Crippen molar-refractivity contribution in [2.75, 3.05) is 29.0 Å². The Labute approximate surface area is 152 Å². The van der Waals surface area contributed by atoms with E-state index in [1.54, 1.807) is 48.5 Å². The molecule has 0 saturated carbocycles. The molecule has 2 aromatic rings. The number of nitrogens with one attached hydrogen (secondary N) is 1. The van der Waals surface area contributed by atoms with Crippen LogP contribution in [0.3, 0.4) is 0 Å². The van der Waals surface area contributed by atoms with Gasteiger partial charge in [0.05, 0.1) is 18.6 Å². The Bertz CT molecular complexity index is 838. The monoisotopic (exact) mass is 382 g/mol. The van der Waals surface area contributed by atoms with Crippen molar-refractivity contribution in [3.05, 3.63) is 53.6 Å². The van der Waals surface area contributed by atoms with E-state index >= 15 is 0 Å². The first-order valence-electron chi connectivity index (χ1n) is 7.55. The maximum Gasteiger partial charge on any atom is 0.245 e. The summed E-state index contributed by atoms with van der Waals surface area (Å²) in [7, 11) is -3.63. The first-order chi connectivity index (χ1) is 11.8. The third-order valence-electron chi connectivity index (χ3n) is 3.23. The predicted molar refractivity (Wildman–Crippen MR) is 99.9 cm³/mol. The molecule has 8 heteroatoms. The zero-order valence-electron chi connectivity index (χ0n) is 13.9. The van der Waals surface area contributed by atoms with Crippen LogP contribution >= 0.6 is 11.6 Å². The van der Waals surface area contributed by atoms with E-state index < -0.39 is 15.9 Å². The van der Waals surface area contributed by atoms with Crippen molar-refractivity contribution in [3.63, 3.8) is 0 Å². The summed E-state index contributed by atoms with van der Waals surface area (Å²) >= 11 is 5.87. The second-order valence-electron chi connectivity index (χ2n) is 5.26. The Morgan fingerprint density at radius 2 is 1.88 bits per heavy atom. The fourth-order valence-corrected chi connectivity index (χ4v) is 3.22. The summed E-state index contributed by atoms with van der Waals surface area (Å²) in [5, 5.41) is 3.11. The molecule has 0 aromatic heterocycles. The molecule has 1 amide bonds. The van der Waals surface area contributed by atoms with Gasteiger partial charge in [-0.25, -0.2) is 8.42 Å². The van der Waals surface area contributed by atoms with Crippen LogP contribution in [0.4, 0.5) is 11.4 Å². The van der Waals surface area contributed by atoms with Gasteiger partial charge in [-0.05, 0) is 49.4 Å². The minimum atomic E-state index is -3.63. The maximum atomic E-state index is 12.2. The van der Waals surface area contributed by atoms with Gasteiger partial charge in [-0.3, -0.25) is 9.10 Å². The van der Waals surface area contributed by atoms with E-state index in [0.29, 0.717) is 28.8 Å². The van der Waals surface area contributed by atoms with Crippen LogP contribution in [0.25, 0.3) is 0 Å². The van der Waals surface area contributed by atoms with E-state index in [1.165, 1.54) is 0 Å². The zero-order valence-corrected chi connectivity index (χ0v) is 15.5. The number of carbonyl (C=O) groups is 1. The van der Waals surface area contributed by atoms with Gasteiger partial charge in [-0.1, -0.05) is 17.7 Å². The number of nitrogens with zero attached hydrogens (tertiary/aromatic N) is 1. The molecule has 2 rings (SSSR count). The predicted octanol–water partition coefficient (Wildman–Crippen LogP) is 3.14. The fraction of sp³-hybridized carbons (Fsp3) is 0.235. The van der Waals surface area contributed by atoms with E-state index in [0.717, 1.165) is 10.6 Å². The molecule has 0 aliphatic carbocycles. The highest BCUT2D eigenvalue weighted by Gasteiger charge is 2.21. The highest BCUT2D eigenvalue weighted by Crippen LogP contribution is 2.22. The summed E-state index contributed by atoms with van der Waals surface area (Å²) in [6.45, 7) is 2.02. The number of rotatable bonds is 7. The molecule has 0 heterocycles. The number of anilines is 2. The number of halogens is 1. The molecule has 134 valence electrons. The van der Waals surface area contributed by atoms with Gasteiger partial charge in [0.25, 0.3) is 0 Å². The van der Waals surface area contributed by atoms with E-state index in [4.69, 9.17) is 16.3 Å². The number of sulfonamides is 1. The summed E-state index contributed by atoms with van der Waals surface area (Å²) in [4.78, 5) is 12.2. The smallest absolute Gasteiger partial charge is 0.245 e. The van der Waals surface area contributed by atoms with E-state index in [2.05, 4.69) is 5.32 Å². The maximum absolute atomic E-state index is 12.2. The molecule has 6 nitrogen and oxygen atoms in total. The Morgan fingerprint density at radius 3 is 2.44 bits per heavy atom. The molecule has 0 unspecified atom stereocenters. The van der Waals surface area contributed by atoms with Crippen LogP contribution in [0.2, 0.25) is 5.02 Å². The van der Waals surface area contributed by atoms with Crippen LogP contribution in [0.15, 0.2) is 48.5 Å². The molecule has 0 aliphatic rings. The van der Waals surface area contributed by atoms with Crippen LogP contribution in [0, 0.1) is 0 Å². The van der Waals surface area contributed by atoms with Crippen molar-refractivity contribution < 1.29 is 17.9 Å². The van der Waals surface area contributed by atoms with Crippen molar-refractivity contribution in [1.29, 1.82) is 0 Å². The van der Waals surface area contributed by atoms with Crippen molar-refractivity contribution in [3.8, 4) is 5.75 Å². The largest absolute Gasteiger partial charge is 0.494 e. The third kappa shape index (κ3) is 5.65. The Morgan fingerprint density at radius 1 is 1.20 bits per heavy atom. The van der Waals surface area contributed by atoms with Gasteiger partial charge in [0.15, 0.2) is 0 Å². The minimum absolute atomic E-state index is 0.348. The van der Waals surface area contributed by atoms with Gasteiger partial charge < -0.3 is 10.1 Å². The summed E-state index contributed by atoms with van der Waals surface area (Å²) < 4.78 is 30.5. The fourth-order valence-electron chi connectivity index (χ4n) is 2.17. The lowest BCUT2D eigenvalue weighted by atomic mass is 10.3. The van der Waals surface area contributed by atoms with E-state index in [9.17, 15) is 13.2 Å². The van der Waals surface area contributed by atoms with Crippen molar-refractivity contribution >= 4 is 38.9 Å². The van der Waals surface area contributed by atoms with Gasteiger partial charge in [0.2, 0.25) is 15.9 Å². The average Bonchev–Trinajstić information content (AvgIpc) is 2.53. The standard InChI is InChI=1S/C17H19ClN2O4S/c1-3-24-16-9-7-15(8-10-16)20(25(2,22)23)12-17(21)19-14-6-4-5-13(18)11-14/h4-11H,3,12H2,1-2H3,(H,19,21). The normalized spacial score (nSPS) is 11.0. The lowest BCUT2D eigenvalue weighted by Gasteiger charge is -2.22. The average molecular weight is 383 g/mol. The molecule has 0 saturated heterocycles. The molecule has 0 spiro atoms. The van der Waals surface area contributed by atoms with Gasteiger partial charge in [-0.2, -0.15) is 0 Å². The molecule has 0 fully saturated rings. The highest BCUT2D eigenvalue weighted by molar-refractivity contribution is 7.92. The summed E-state index contributed by atoms with van der Waals surface area (Å²) in [5.41, 5.74) is 0.879. The molecule has 0 aliphatic heterocycles. The Balaban J connectivity index is 2.16. The highest BCUT2D eigenvalue weighted by atomic mass is 35.5. The van der Waals surface area contributed by atoms with Crippen molar-refractivity contribution in [2.45, 2.75) is 6.92 Å². The molecule has 1 N–H and O–H groups in total.